The van der Waals surface area contributed by atoms with E-state index in [0.29, 0.717) is 0 Å². The molecule has 0 aliphatic carbocycles. The molecule has 19 heavy (non-hydrogen) atoms. The second-order valence-corrected chi connectivity index (χ2v) is 5.72. The fourth-order valence-electron chi connectivity index (χ4n) is 2.32. The lowest BCUT2D eigenvalue weighted by molar-refractivity contribution is 0.183. The topological polar surface area (TPSA) is 9.23 Å². The lowest BCUT2D eigenvalue weighted by Crippen LogP contribution is -1.92. The maximum absolute atomic E-state index is 5.56. The van der Waals surface area contributed by atoms with Gasteiger partial charge in [0, 0.05) is 6.61 Å². The van der Waals surface area contributed by atoms with Crippen LogP contribution in [-0.4, -0.2) is 6.61 Å². The van der Waals surface area contributed by atoms with E-state index < -0.39 is 0 Å². The van der Waals surface area contributed by atoms with Gasteiger partial charge >= 0.3 is 0 Å². The molecule has 0 aromatic carbocycles. The lowest BCUT2D eigenvalue weighted by atomic mass is 10.1. The average molecular weight is 269 g/mol. The summed E-state index contributed by atoms with van der Waals surface area (Å²) < 4.78 is 5.56. The Bertz CT molecular complexity index is 129. The smallest absolute Gasteiger partial charge is 0.0836 e. The Hall–Kier alpha value is -0.0400. The number of rotatable bonds is 16. The summed E-state index contributed by atoms with van der Waals surface area (Å²) in [6.45, 7) is 7.51. The third-order valence-electron chi connectivity index (χ3n) is 3.66. The standard InChI is InChI=1S/C18H37O/c1-3-5-7-9-11-12-14-16-18-19-17-15-13-10-8-6-4-2/h17H,3-16,18H2,1-2H3. The highest BCUT2D eigenvalue weighted by Crippen LogP contribution is 2.09. The van der Waals surface area contributed by atoms with Gasteiger partial charge in [0.05, 0.1) is 6.61 Å². The van der Waals surface area contributed by atoms with Crippen LogP contribution in [0.1, 0.15) is 104 Å². The van der Waals surface area contributed by atoms with Gasteiger partial charge in [0.1, 0.15) is 0 Å². The first kappa shape index (κ1) is 19.0. The van der Waals surface area contributed by atoms with Gasteiger partial charge in [-0.15, -0.1) is 0 Å². The minimum Gasteiger partial charge on any atom is -0.376 e. The van der Waals surface area contributed by atoms with E-state index >= 15 is 0 Å². The van der Waals surface area contributed by atoms with Crippen molar-refractivity contribution in [3.05, 3.63) is 6.61 Å². The summed E-state index contributed by atoms with van der Waals surface area (Å²) in [5.74, 6) is 0. The van der Waals surface area contributed by atoms with Gasteiger partial charge in [-0.3, -0.25) is 0 Å². The van der Waals surface area contributed by atoms with Gasteiger partial charge in [0.25, 0.3) is 0 Å². The van der Waals surface area contributed by atoms with Gasteiger partial charge < -0.3 is 4.74 Å². The van der Waals surface area contributed by atoms with Crippen molar-refractivity contribution in [2.75, 3.05) is 6.61 Å². The second-order valence-electron chi connectivity index (χ2n) is 5.72. The van der Waals surface area contributed by atoms with Crippen LogP contribution >= 0.6 is 0 Å². The molecule has 0 saturated heterocycles. The fourth-order valence-corrected chi connectivity index (χ4v) is 2.32. The third kappa shape index (κ3) is 18.0. The van der Waals surface area contributed by atoms with E-state index in [-0.39, 0.29) is 0 Å². The van der Waals surface area contributed by atoms with Gasteiger partial charge in [0.2, 0.25) is 0 Å². The van der Waals surface area contributed by atoms with E-state index in [1.54, 1.807) is 0 Å². The summed E-state index contributed by atoms with van der Waals surface area (Å²) in [6.07, 6.45) is 18.9. The summed E-state index contributed by atoms with van der Waals surface area (Å²) in [6, 6.07) is 0. The van der Waals surface area contributed by atoms with Crippen molar-refractivity contribution in [1.82, 2.24) is 0 Å². The van der Waals surface area contributed by atoms with Crippen molar-refractivity contribution < 1.29 is 4.74 Å². The van der Waals surface area contributed by atoms with E-state index in [1.165, 1.54) is 83.5 Å². The van der Waals surface area contributed by atoms with Gasteiger partial charge in [0.15, 0.2) is 0 Å². The summed E-state index contributed by atoms with van der Waals surface area (Å²) in [4.78, 5) is 0. The van der Waals surface area contributed by atoms with Gasteiger partial charge in [-0.1, -0.05) is 90.9 Å². The molecule has 0 spiro atoms. The normalized spacial score (nSPS) is 11.1. The predicted octanol–water partition coefficient (Wildman–Crippen LogP) is 6.67. The molecule has 0 heterocycles. The molecule has 0 bridgehead atoms. The maximum atomic E-state index is 5.56. The summed E-state index contributed by atoms with van der Waals surface area (Å²) in [7, 11) is 0. The van der Waals surface area contributed by atoms with Crippen LogP contribution in [0.4, 0.5) is 0 Å². The first-order chi connectivity index (χ1) is 9.41. The van der Waals surface area contributed by atoms with E-state index in [9.17, 15) is 0 Å². The van der Waals surface area contributed by atoms with Crippen LogP contribution in [0.2, 0.25) is 0 Å². The minimum absolute atomic E-state index is 0.934. The lowest BCUT2D eigenvalue weighted by Gasteiger charge is -2.04. The summed E-state index contributed by atoms with van der Waals surface area (Å²) >= 11 is 0. The molecule has 0 saturated carbocycles. The monoisotopic (exact) mass is 269 g/mol. The van der Waals surface area contributed by atoms with Crippen LogP contribution in [0.5, 0.6) is 0 Å². The Morgan fingerprint density at radius 3 is 1.63 bits per heavy atom. The van der Waals surface area contributed by atoms with Crippen LogP contribution in [0.15, 0.2) is 0 Å². The highest BCUT2D eigenvalue weighted by Gasteiger charge is 1.94. The van der Waals surface area contributed by atoms with Crippen LogP contribution < -0.4 is 0 Å². The Labute approximate surface area is 122 Å². The van der Waals surface area contributed by atoms with Gasteiger partial charge in [-0.25, -0.2) is 0 Å². The molecular formula is C18H37O. The Morgan fingerprint density at radius 1 is 0.579 bits per heavy atom. The highest BCUT2D eigenvalue weighted by molar-refractivity contribution is 4.53. The van der Waals surface area contributed by atoms with Crippen LogP contribution in [0.3, 0.4) is 0 Å². The van der Waals surface area contributed by atoms with Crippen molar-refractivity contribution in [2.45, 2.75) is 104 Å². The highest BCUT2D eigenvalue weighted by atomic mass is 16.5. The largest absolute Gasteiger partial charge is 0.376 e. The number of ether oxygens (including phenoxy) is 1. The zero-order valence-corrected chi connectivity index (χ0v) is 13.6. The first-order valence-corrected chi connectivity index (χ1v) is 8.85. The Morgan fingerprint density at radius 2 is 1.05 bits per heavy atom. The van der Waals surface area contributed by atoms with Gasteiger partial charge in [-0.05, 0) is 12.8 Å². The van der Waals surface area contributed by atoms with E-state index in [4.69, 9.17) is 4.74 Å². The summed E-state index contributed by atoms with van der Waals surface area (Å²) in [5.41, 5.74) is 0. The molecule has 0 aliphatic rings. The Kier molecular flexibility index (Phi) is 17.9. The van der Waals surface area contributed by atoms with Gasteiger partial charge in [-0.2, -0.15) is 0 Å². The van der Waals surface area contributed by atoms with Crippen LogP contribution in [0, 0.1) is 6.61 Å². The zero-order valence-electron chi connectivity index (χ0n) is 13.6. The molecule has 0 rings (SSSR count). The molecule has 0 aromatic heterocycles. The molecule has 1 nitrogen and oxygen atoms in total. The number of hydrogen-bond acceptors (Lipinski definition) is 1. The molecule has 0 amide bonds. The fraction of sp³-hybridized carbons (Fsp3) is 0.944. The quantitative estimate of drug-likeness (QED) is 0.284. The van der Waals surface area contributed by atoms with Crippen molar-refractivity contribution in [2.24, 2.45) is 0 Å². The molecule has 1 radical (unpaired) electrons. The minimum atomic E-state index is 0.934. The number of unbranched alkanes of at least 4 members (excludes halogenated alkanes) is 12. The Balaban J connectivity index is 2.88. The van der Waals surface area contributed by atoms with E-state index in [2.05, 4.69) is 13.8 Å². The predicted molar refractivity (Wildman–Crippen MR) is 86.2 cm³/mol. The van der Waals surface area contributed by atoms with E-state index in [0.717, 1.165) is 13.0 Å². The molecule has 0 unspecified atom stereocenters. The van der Waals surface area contributed by atoms with Crippen molar-refractivity contribution in [3.63, 3.8) is 0 Å². The van der Waals surface area contributed by atoms with Crippen LogP contribution in [-0.2, 0) is 4.74 Å². The van der Waals surface area contributed by atoms with Crippen molar-refractivity contribution in [3.8, 4) is 0 Å². The number of hydrogen-bond donors (Lipinski definition) is 0. The molecule has 0 aliphatic heterocycles. The molecule has 0 atom stereocenters. The first-order valence-electron chi connectivity index (χ1n) is 8.85. The second kappa shape index (κ2) is 18.0. The maximum Gasteiger partial charge on any atom is 0.0836 e. The van der Waals surface area contributed by atoms with Crippen LogP contribution in [0.25, 0.3) is 0 Å². The molecule has 0 aromatic rings. The SMILES string of the molecule is CCCCCCC[CH]OCCCCCCCCCC. The van der Waals surface area contributed by atoms with E-state index in [1.807, 2.05) is 6.61 Å². The molecule has 1 heteroatoms. The van der Waals surface area contributed by atoms with Crippen molar-refractivity contribution in [1.29, 1.82) is 0 Å². The molecule has 115 valence electrons. The molecular weight excluding hydrogens is 232 g/mol. The zero-order chi connectivity index (χ0) is 14.0. The average Bonchev–Trinajstić information content (AvgIpc) is 2.43. The molecule has 0 N–H and O–H groups in total. The third-order valence-corrected chi connectivity index (χ3v) is 3.66. The summed E-state index contributed by atoms with van der Waals surface area (Å²) in [5, 5.41) is 0. The van der Waals surface area contributed by atoms with Crippen molar-refractivity contribution >= 4 is 0 Å². The molecule has 0 fully saturated rings.